The molecule has 3 aromatic rings. The molecule has 12 nitrogen and oxygen atoms in total. The number of aromatic carboxylic acids is 1. The van der Waals surface area contributed by atoms with Crippen LogP contribution in [0, 0.1) is 0 Å². The zero-order chi connectivity index (χ0) is 35.8. The molecule has 0 saturated heterocycles. The molecule has 0 aromatic heterocycles. The van der Waals surface area contributed by atoms with E-state index in [2.05, 4.69) is 20.4 Å². The molecule has 0 spiro atoms. The number of hydrogen-bond donors (Lipinski definition) is 5. The van der Waals surface area contributed by atoms with Crippen molar-refractivity contribution in [2.45, 2.75) is 64.0 Å². The van der Waals surface area contributed by atoms with Crippen LogP contribution in [-0.2, 0) is 40.3 Å². The van der Waals surface area contributed by atoms with Crippen molar-refractivity contribution in [2.24, 2.45) is 0 Å². The highest BCUT2D eigenvalue weighted by atomic mass is 19.4. The second-order valence-corrected chi connectivity index (χ2v) is 11.2. The highest BCUT2D eigenvalue weighted by molar-refractivity contribution is 5.88. The molecule has 0 aliphatic rings. The van der Waals surface area contributed by atoms with Crippen molar-refractivity contribution >= 4 is 17.9 Å². The molecular weight excluding hydrogens is 651 g/mol. The number of carbonyl (C=O) groups is 3. The number of unbranched alkanes of at least 4 members (excludes halogenated alkanes) is 2. The predicted octanol–water partition coefficient (Wildman–Crippen LogP) is 5.76. The molecule has 0 heterocycles. The zero-order valence-electron chi connectivity index (χ0n) is 26.8. The second-order valence-electron chi connectivity index (χ2n) is 11.2. The lowest BCUT2D eigenvalue weighted by atomic mass is 10.0. The second kappa shape index (κ2) is 19.3. The lowest BCUT2D eigenvalue weighted by Crippen LogP contribution is -2.52. The number of carbonyl (C=O) groups excluding carboxylic acids is 2. The molecule has 0 radical (unpaired) electrons. The van der Waals surface area contributed by atoms with Gasteiger partial charge in [-0.15, -0.1) is 0 Å². The maximum absolute atomic E-state index is 13.8. The van der Waals surface area contributed by atoms with Crippen LogP contribution in [0.1, 0.15) is 58.8 Å². The number of nitrogens with one attached hydrogen (secondary N) is 2. The van der Waals surface area contributed by atoms with E-state index >= 15 is 0 Å². The van der Waals surface area contributed by atoms with Crippen LogP contribution in [0.4, 0.5) is 18.0 Å². The molecule has 15 heteroatoms. The molecule has 0 aliphatic heterocycles. The number of alkyl halides is 3. The number of hydrogen-bond acceptors (Lipinski definition) is 8. The van der Waals surface area contributed by atoms with Crippen LogP contribution in [0.3, 0.4) is 0 Å². The molecule has 1 atom stereocenters. The Labute approximate surface area is 281 Å². The molecule has 0 fully saturated rings. The fourth-order valence-electron chi connectivity index (χ4n) is 4.86. The molecule has 3 aromatic carbocycles. The van der Waals surface area contributed by atoms with Crippen LogP contribution >= 0.6 is 0 Å². The van der Waals surface area contributed by atoms with Gasteiger partial charge in [0.15, 0.2) is 6.10 Å². The molecule has 49 heavy (non-hydrogen) atoms. The van der Waals surface area contributed by atoms with Gasteiger partial charge >= 0.3 is 18.2 Å². The largest absolute Gasteiger partial charge is 0.485 e. The molecule has 0 saturated carbocycles. The highest BCUT2D eigenvalue weighted by Crippen LogP contribution is 2.30. The van der Waals surface area contributed by atoms with Crippen LogP contribution in [0.25, 0.3) is 0 Å². The van der Waals surface area contributed by atoms with E-state index < -0.39 is 41.8 Å². The van der Waals surface area contributed by atoms with Crippen LogP contribution in [0.15, 0.2) is 72.8 Å². The minimum absolute atomic E-state index is 0.0282. The van der Waals surface area contributed by atoms with Gasteiger partial charge < -0.3 is 25.4 Å². The molecule has 1 unspecified atom stereocenters. The van der Waals surface area contributed by atoms with Gasteiger partial charge in [0.2, 0.25) is 5.91 Å². The van der Waals surface area contributed by atoms with Crippen LogP contribution in [-0.4, -0.2) is 70.3 Å². The summed E-state index contributed by atoms with van der Waals surface area (Å²) >= 11 is 0. The normalized spacial score (nSPS) is 12.0. The number of carboxylic acid groups (broad SMARTS) is 1. The lowest BCUT2D eigenvalue weighted by molar-refractivity contribution is -0.286. The minimum Gasteiger partial charge on any atom is -0.485 e. The first-order valence-corrected chi connectivity index (χ1v) is 15.5. The van der Waals surface area contributed by atoms with E-state index in [4.69, 9.17) is 15.3 Å². The summed E-state index contributed by atoms with van der Waals surface area (Å²) in [5.41, 5.74) is 0.275. The Balaban J connectivity index is 1.88. The number of benzene rings is 3. The smallest absolute Gasteiger partial charge is 0.416 e. The van der Waals surface area contributed by atoms with E-state index in [9.17, 15) is 32.7 Å². The van der Waals surface area contributed by atoms with Gasteiger partial charge in [-0.25, -0.2) is 19.4 Å². The summed E-state index contributed by atoms with van der Waals surface area (Å²) in [7, 11) is 0. The summed E-state index contributed by atoms with van der Waals surface area (Å²) in [6, 6.07) is 14.9. The number of carboxylic acids is 1. The van der Waals surface area contributed by atoms with E-state index in [-0.39, 0.29) is 43.9 Å². The fraction of sp³-hybridized carbons (Fsp3) is 0.382. The molecule has 266 valence electrons. The van der Waals surface area contributed by atoms with Gasteiger partial charge in [-0.3, -0.25) is 15.3 Å². The Hall–Kier alpha value is -4.70. The first-order valence-electron chi connectivity index (χ1n) is 15.5. The van der Waals surface area contributed by atoms with Gasteiger partial charge in [-0.2, -0.15) is 13.2 Å². The SMILES string of the molecule is CCCCCNC(=O)C(Cc1ccc(OC(COO)COO)cc1)NC(=O)N(Cc1cccc(C(=O)O)c1)Cc1cccc(C(F)(F)F)c1. The van der Waals surface area contributed by atoms with Crippen LogP contribution < -0.4 is 15.4 Å². The number of ether oxygens (including phenoxy) is 1. The Morgan fingerprint density at radius 1 is 0.857 bits per heavy atom. The summed E-state index contributed by atoms with van der Waals surface area (Å²) in [6.07, 6.45) is -2.90. The van der Waals surface area contributed by atoms with Crippen molar-refractivity contribution in [1.82, 2.24) is 15.5 Å². The number of halogens is 3. The third-order valence-corrected chi connectivity index (χ3v) is 7.34. The van der Waals surface area contributed by atoms with Gasteiger partial charge in [0.05, 0.1) is 11.1 Å². The topological polar surface area (TPSA) is 167 Å². The Bertz CT molecular complexity index is 1500. The van der Waals surface area contributed by atoms with E-state index in [0.717, 1.165) is 25.0 Å². The van der Waals surface area contributed by atoms with Crippen molar-refractivity contribution < 1.29 is 57.7 Å². The fourth-order valence-corrected chi connectivity index (χ4v) is 4.86. The summed E-state index contributed by atoms with van der Waals surface area (Å²) in [4.78, 5) is 48.1. The number of rotatable bonds is 19. The quantitative estimate of drug-likeness (QED) is 0.0597. The monoisotopic (exact) mass is 691 g/mol. The number of nitrogens with zero attached hydrogens (tertiary/aromatic N) is 1. The lowest BCUT2D eigenvalue weighted by Gasteiger charge is -2.27. The van der Waals surface area contributed by atoms with Crippen molar-refractivity contribution in [2.75, 3.05) is 19.8 Å². The molecule has 0 aliphatic carbocycles. The average Bonchev–Trinajstić information content (AvgIpc) is 3.07. The summed E-state index contributed by atoms with van der Waals surface area (Å²) in [5.74, 6) is -1.33. The average molecular weight is 692 g/mol. The van der Waals surface area contributed by atoms with Crippen molar-refractivity contribution in [1.29, 1.82) is 0 Å². The first kappa shape index (κ1) is 38.7. The zero-order valence-corrected chi connectivity index (χ0v) is 26.8. The summed E-state index contributed by atoms with van der Waals surface area (Å²) in [5, 5.41) is 32.4. The van der Waals surface area contributed by atoms with Crippen molar-refractivity contribution in [3.63, 3.8) is 0 Å². The van der Waals surface area contributed by atoms with Crippen molar-refractivity contribution in [3.05, 3.63) is 101 Å². The van der Waals surface area contributed by atoms with Gasteiger partial charge in [-0.1, -0.05) is 56.2 Å². The maximum atomic E-state index is 13.8. The number of amides is 3. The third-order valence-electron chi connectivity index (χ3n) is 7.34. The van der Waals surface area contributed by atoms with Crippen LogP contribution in [0.2, 0.25) is 0 Å². The van der Waals surface area contributed by atoms with Crippen molar-refractivity contribution in [3.8, 4) is 5.75 Å². The van der Waals surface area contributed by atoms with E-state index in [1.54, 1.807) is 30.3 Å². The summed E-state index contributed by atoms with van der Waals surface area (Å²) < 4.78 is 46.0. The highest BCUT2D eigenvalue weighted by Gasteiger charge is 2.31. The standard InChI is InChI=1S/C34H40F3N3O9/c1-2-3-4-15-38-31(41)30(18-23-11-13-28(14-12-23)49-29(21-47-45)22-48-46)39-33(44)40(19-24-7-5-9-26(16-24)32(42)43)20-25-8-6-10-27(17-25)34(35,36)37/h5-14,16-17,29-30,45-46H,2-4,15,18-22H2,1H3,(H,38,41)(H,39,44)(H,42,43). The van der Waals surface area contributed by atoms with E-state index in [0.29, 0.717) is 29.8 Å². The van der Waals surface area contributed by atoms with Crippen LogP contribution in [0.5, 0.6) is 5.75 Å². The minimum atomic E-state index is -4.61. The van der Waals surface area contributed by atoms with Gasteiger partial charge in [0, 0.05) is 26.1 Å². The first-order chi connectivity index (χ1) is 23.4. The number of urea groups is 1. The Kier molecular flexibility index (Phi) is 15.3. The molecular formula is C34H40F3N3O9. The molecule has 5 N–H and O–H groups in total. The van der Waals surface area contributed by atoms with Gasteiger partial charge in [0.1, 0.15) is 25.0 Å². The molecule has 3 amide bonds. The van der Waals surface area contributed by atoms with Gasteiger partial charge in [0.25, 0.3) is 0 Å². The Morgan fingerprint density at radius 2 is 1.49 bits per heavy atom. The summed E-state index contributed by atoms with van der Waals surface area (Å²) in [6.45, 7) is 1.36. The maximum Gasteiger partial charge on any atom is 0.416 e. The predicted molar refractivity (Wildman–Crippen MR) is 171 cm³/mol. The van der Waals surface area contributed by atoms with Gasteiger partial charge in [-0.05, 0) is 59.5 Å². The Morgan fingerprint density at radius 3 is 2.08 bits per heavy atom. The van der Waals surface area contributed by atoms with E-state index in [1.807, 2.05) is 6.92 Å². The molecule has 3 rings (SSSR count). The molecule has 0 bridgehead atoms. The third kappa shape index (κ3) is 13.0. The van der Waals surface area contributed by atoms with E-state index in [1.165, 1.54) is 35.2 Å².